The lowest BCUT2D eigenvalue weighted by Gasteiger charge is -1.98. The van der Waals surface area contributed by atoms with Gasteiger partial charge in [0.2, 0.25) is 0 Å². The second kappa shape index (κ2) is 3.82. The van der Waals surface area contributed by atoms with Crippen molar-refractivity contribution in [3.63, 3.8) is 0 Å². The van der Waals surface area contributed by atoms with Gasteiger partial charge < -0.3 is 5.73 Å². The van der Waals surface area contributed by atoms with E-state index < -0.39 is 0 Å². The number of halogens is 2. The third-order valence-corrected chi connectivity index (χ3v) is 2.66. The van der Waals surface area contributed by atoms with Gasteiger partial charge in [-0.3, -0.25) is 0 Å². The second-order valence-electron chi connectivity index (χ2n) is 1.81. The molecule has 0 fully saturated rings. The monoisotopic (exact) mass is 360 g/mol. The maximum Gasteiger partial charge on any atom is 0.105 e. The van der Waals surface area contributed by atoms with E-state index in [1.165, 1.54) is 0 Å². The summed E-state index contributed by atoms with van der Waals surface area (Å²) in [6, 6.07) is 2.05. The summed E-state index contributed by atoms with van der Waals surface area (Å²) in [6.45, 7) is 0.572. The first-order chi connectivity index (χ1) is 4.74. The van der Waals surface area contributed by atoms with Crippen molar-refractivity contribution in [2.75, 3.05) is 0 Å². The van der Waals surface area contributed by atoms with Crippen LogP contribution >= 0.6 is 45.2 Å². The standard InChI is InChI=1S/C6H6I2N2/c7-5-1-4(2-9)6(8)10-3-5/h1,3H,2,9H2. The Morgan fingerprint density at radius 1 is 1.50 bits per heavy atom. The quantitative estimate of drug-likeness (QED) is 0.613. The first kappa shape index (κ1) is 8.66. The van der Waals surface area contributed by atoms with E-state index >= 15 is 0 Å². The van der Waals surface area contributed by atoms with E-state index in [0.29, 0.717) is 6.54 Å². The molecular weight excluding hydrogens is 354 g/mol. The third-order valence-electron chi connectivity index (χ3n) is 1.10. The average Bonchev–Trinajstić information content (AvgIpc) is 1.94. The van der Waals surface area contributed by atoms with Crippen LogP contribution in [0.5, 0.6) is 0 Å². The van der Waals surface area contributed by atoms with Gasteiger partial charge in [0, 0.05) is 16.3 Å². The summed E-state index contributed by atoms with van der Waals surface area (Å²) in [7, 11) is 0. The van der Waals surface area contributed by atoms with E-state index in [1.807, 2.05) is 6.20 Å². The summed E-state index contributed by atoms with van der Waals surface area (Å²) in [5.74, 6) is 0. The molecule has 0 radical (unpaired) electrons. The maximum atomic E-state index is 5.47. The Bertz CT molecular complexity index is 237. The van der Waals surface area contributed by atoms with Crippen molar-refractivity contribution >= 4 is 45.2 Å². The van der Waals surface area contributed by atoms with Crippen LogP contribution in [0.2, 0.25) is 0 Å². The van der Waals surface area contributed by atoms with Crippen molar-refractivity contribution in [2.45, 2.75) is 6.54 Å². The van der Waals surface area contributed by atoms with E-state index in [0.717, 1.165) is 12.8 Å². The van der Waals surface area contributed by atoms with Crippen molar-refractivity contribution in [3.8, 4) is 0 Å². The molecule has 0 saturated heterocycles. The fourth-order valence-corrected chi connectivity index (χ4v) is 1.64. The molecule has 4 heteroatoms. The molecule has 54 valence electrons. The van der Waals surface area contributed by atoms with Gasteiger partial charge in [-0.2, -0.15) is 0 Å². The second-order valence-corrected chi connectivity index (χ2v) is 4.08. The van der Waals surface area contributed by atoms with Crippen molar-refractivity contribution in [1.82, 2.24) is 4.98 Å². The molecular formula is C6H6I2N2. The number of hydrogen-bond donors (Lipinski definition) is 1. The molecule has 10 heavy (non-hydrogen) atoms. The Hall–Kier alpha value is 0.570. The largest absolute Gasteiger partial charge is 0.326 e. The van der Waals surface area contributed by atoms with Crippen LogP contribution in [0.25, 0.3) is 0 Å². The lowest BCUT2D eigenvalue weighted by molar-refractivity contribution is 1.02. The van der Waals surface area contributed by atoms with Crippen LogP contribution in [-0.4, -0.2) is 4.98 Å². The lowest BCUT2D eigenvalue weighted by atomic mass is 10.3. The van der Waals surface area contributed by atoms with Crippen molar-refractivity contribution in [1.29, 1.82) is 0 Å². The summed E-state index contributed by atoms with van der Waals surface area (Å²) in [4.78, 5) is 4.15. The highest BCUT2D eigenvalue weighted by Gasteiger charge is 1.97. The molecule has 0 atom stereocenters. The highest BCUT2D eigenvalue weighted by atomic mass is 127. The van der Waals surface area contributed by atoms with Gasteiger partial charge >= 0.3 is 0 Å². The van der Waals surface area contributed by atoms with E-state index in [9.17, 15) is 0 Å². The lowest BCUT2D eigenvalue weighted by Crippen LogP contribution is -2.00. The summed E-state index contributed by atoms with van der Waals surface area (Å²) in [5, 5.41) is 0. The van der Waals surface area contributed by atoms with Crippen LogP contribution in [0.1, 0.15) is 5.56 Å². The Kier molecular flexibility index (Phi) is 3.31. The van der Waals surface area contributed by atoms with Gasteiger partial charge in [-0.05, 0) is 56.8 Å². The van der Waals surface area contributed by atoms with Crippen LogP contribution in [0.3, 0.4) is 0 Å². The van der Waals surface area contributed by atoms with E-state index in [-0.39, 0.29) is 0 Å². The van der Waals surface area contributed by atoms with Gasteiger partial charge in [0.1, 0.15) is 3.70 Å². The van der Waals surface area contributed by atoms with Gasteiger partial charge in [-0.15, -0.1) is 0 Å². The third kappa shape index (κ3) is 2.03. The zero-order valence-corrected chi connectivity index (χ0v) is 9.46. The molecule has 0 bridgehead atoms. The fourth-order valence-electron chi connectivity index (χ4n) is 0.608. The normalized spacial score (nSPS) is 9.90. The Morgan fingerprint density at radius 3 is 2.70 bits per heavy atom. The molecule has 0 aromatic carbocycles. The Morgan fingerprint density at radius 2 is 2.20 bits per heavy atom. The number of nitrogens with zero attached hydrogens (tertiary/aromatic N) is 1. The smallest absolute Gasteiger partial charge is 0.105 e. The molecule has 0 amide bonds. The molecule has 2 N–H and O–H groups in total. The summed E-state index contributed by atoms with van der Waals surface area (Å²) >= 11 is 4.41. The van der Waals surface area contributed by atoms with Crippen LogP contribution in [0.15, 0.2) is 12.3 Å². The minimum atomic E-state index is 0.572. The highest BCUT2D eigenvalue weighted by molar-refractivity contribution is 14.1. The van der Waals surface area contributed by atoms with E-state index in [4.69, 9.17) is 5.73 Å². The van der Waals surface area contributed by atoms with Gasteiger partial charge in [-0.25, -0.2) is 4.98 Å². The molecule has 1 aromatic heterocycles. The number of hydrogen-bond acceptors (Lipinski definition) is 2. The highest BCUT2D eigenvalue weighted by Crippen LogP contribution is 2.11. The molecule has 0 saturated carbocycles. The number of rotatable bonds is 1. The van der Waals surface area contributed by atoms with Crippen LogP contribution in [0.4, 0.5) is 0 Å². The summed E-state index contributed by atoms with van der Waals surface area (Å²) in [5.41, 5.74) is 6.59. The SMILES string of the molecule is NCc1cc(I)cnc1I. The Labute approximate surface area is 86.9 Å². The Balaban J connectivity index is 3.09. The van der Waals surface area contributed by atoms with Crippen LogP contribution in [-0.2, 0) is 6.54 Å². The first-order valence-corrected chi connectivity index (χ1v) is 4.90. The predicted molar refractivity (Wildman–Crippen MR) is 57.6 cm³/mol. The number of nitrogens with two attached hydrogens (primary N) is 1. The molecule has 0 aliphatic heterocycles. The molecule has 1 aromatic rings. The minimum Gasteiger partial charge on any atom is -0.326 e. The van der Waals surface area contributed by atoms with Crippen LogP contribution < -0.4 is 5.73 Å². The van der Waals surface area contributed by atoms with Gasteiger partial charge in [0.25, 0.3) is 0 Å². The molecule has 1 rings (SSSR count). The molecule has 0 aliphatic carbocycles. The van der Waals surface area contributed by atoms with Crippen LogP contribution in [0, 0.1) is 7.27 Å². The van der Waals surface area contributed by atoms with E-state index in [1.54, 1.807) is 0 Å². The zero-order chi connectivity index (χ0) is 7.56. The molecule has 2 nitrogen and oxygen atoms in total. The van der Waals surface area contributed by atoms with Gasteiger partial charge in [-0.1, -0.05) is 0 Å². The summed E-state index contributed by atoms with van der Waals surface area (Å²) in [6.07, 6.45) is 1.83. The minimum absolute atomic E-state index is 0.572. The number of aromatic nitrogens is 1. The van der Waals surface area contributed by atoms with Gasteiger partial charge in [0.15, 0.2) is 0 Å². The first-order valence-electron chi connectivity index (χ1n) is 2.74. The predicted octanol–water partition coefficient (Wildman–Crippen LogP) is 1.75. The zero-order valence-electron chi connectivity index (χ0n) is 5.14. The molecule has 0 spiro atoms. The fraction of sp³-hybridized carbons (Fsp3) is 0.167. The van der Waals surface area contributed by atoms with Crippen molar-refractivity contribution < 1.29 is 0 Å². The van der Waals surface area contributed by atoms with Gasteiger partial charge in [0.05, 0.1) is 0 Å². The topological polar surface area (TPSA) is 38.9 Å². The summed E-state index contributed by atoms with van der Waals surface area (Å²) < 4.78 is 2.14. The average molecular weight is 360 g/mol. The molecule has 0 aliphatic rings. The molecule has 1 heterocycles. The van der Waals surface area contributed by atoms with Crippen molar-refractivity contribution in [2.24, 2.45) is 5.73 Å². The van der Waals surface area contributed by atoms with E-state index in [2.05, 4.69) is 56.2 Å². The molecule has 0 unspecified atom stereocenters. The number of pyridine rings is 1. The van der Waals surface area contributed by atoms with Crippen molar-refractivity contribution in [3.05, 3.63) is 25.1 Å². The maximum absolute atomic E-state index is 5.47.